The Morgan fingerprint density at radius 3 is 3.06 bits per heavy atom. The molecule has 1 unspecified atom stereocenters. The molecule has 0 aliphatic carbocycles. The predicted octanol–water partition coefficient (Wildman–Crippen LogP) is 2.04. The van der Waals surface area contributed by atoms with Gasteiger partial charge in [-0.15, -0.1) is 0 Å². The maximum absolute atomic E-state index is 10.4. The van der Waals surface area contributed by atoms with Crippen LogP contribution in [0.25, 0.3) is 10.9 Å². The molecule has 2 aromatic rings. The van der Waals surface area contributed by atoms with E-state index in [0.29, 0.717) is 0 Å². The molecule has 0 radical (unpaired) electrons. The van der Waals surface area contributed by atoms with E-state index >= 15 is 0 Å². The molecule has 0 spiro atoms. The third-order valence-corrected chi connectivity index (χ3v) is 3.22. The molecule has 5 N–H and O–H groups in total. The summed E-state index contributed by atoms with van der Waals surface area (Å²) in [5, 5.41) is 11.9. The van der Waals surface area contributed by atoms with Crippen LogP contribution >= 0.6 is 22.6 Å². The van der Waals surface area contributed by atoms with Crippen molar-refractivity contribution >= 4 is 39.6 Å². The first kappa shape index (κ1) is 12.2. The van der Waals surface area contributed by atoms with Crippen LogP contribution in [0, 0.1) is 3.57 Å². The van der Waals surface area contributed by atoms with Crippen molar-refractivity contribution in [2.75, 3.05) is 6.54 Å². The number of hydrogen-bond acceptors (Lipinski definition) is 2. The van der Waals surface area contributed by atoms with E-state index in [4.69, 9.17) is 10.8 Å². The van der Waals surface area contributed by atoms with Crippen LogP contribution in [0.4, 0.5) is 4.79 Å². The second-order valence-corrected chi connectivity index (χ2v) is 4.97. The van der Waals surface area contributed by atoms with Gasteiger partial charge >= 0.3 is 6.09 Å². The molecule has 5 nitrogen and oxygen atoms in total. The lowest BCUT2D eigenvalue weighted by molar-refractivity contribution is 0.193. The average Bonchev–Trinajstić information content (AvgIpc) is 2.68. The normalized spacial score (nSPS) is 12.6. The zero-order valence-electron chi connectivity index (χ0n) is 8.90. The Balaban J connectivity index is 2.26. The van der Waals surface area contributed by atoms with Crippen molar-refractivity contribution in [2.45, 2.75) is 6.04 Å². The van der Waals surface area contributed by atoms with Crippen molar-refractivity contribution in [1.29, 1.82) is 0 Å². The number of aromatic amines is 1. The smallest absolute Gasteiger partial charge is 0.404 e. The predicted molar refractivity (Wildman–Crippen MR) is 74.0 cm³/mol. The summed E-state index contributed by atoms with van der Waals surface area (Å²) in [6.45, 7) is 0.203. The number of H-pyrrole nitrogens is 1. The van der Waals surface area contributed by atoms with Gasteiger partial charge in [-0.25, -0.2) is 4.79 Å². The van der Waals surface area contributed by atoms with Crippen molar-refractivity contribution in [3.63, 3.8) is 0 Å². The summed E-state index contributed by atoms with van der Waals surface area (Å²) in [6.07, 6.45) is 0.768. The summed E-state index contributed by atoms with van der Waals surface area (Å²) in [4.78, 5) is 13.5. The fourth-order valence-corrected chi connectivity index (χ4v) is 2.23. The Morgan fingerprint density at radius 1 is 1.59 bits per heavy atom. The van der Waals surface area contributed by atoms with Crippen molar-refractivity contribution in [1.82, 2.24) is 10.3 Å². The van der Waals surface area contributed by atoms with Gasteiger partial charge in [-0.1, -0.05) is 6.07 Å². The maximum atomic E-state index is 10.4. The highest BCUT2D eigenvalue weighted by Crippen LogP contribution is 2.24. The molecule has 0 aliphatic rings. The van der Waals surface area contributed by atoms with Crippen LogP contribution in [0.5, 0.6) is 0 Å². The van der Waals surface area contributed by atoms with Crippen LogP contribution in [-0.2, 0) is 0 Å². The standard InChI is InChI=1S/C11H12IN3O2/c12-6-1-2-7-8(4-14-10(7)3-6)9(13)5-15-11(16)17/h1-4,9,14-15H,5,13H2,(H,16,17). The number of hydrogen-bond donors (Lipinski definition) is 4. The molecule has 0 saturated carbocycles. The number of amides is 1. The van der Waals surface area contributed by atoms with Crippen molar-refractivity contribution in [3.8, 4) is 0 Å². The number of nitrogens with two attached hydrogens (primary N) is 1. The largest absolute Gasteiger partial charge is 0.465 e. The zero-order chi connectivity index (χ0) is 12.4. The fraction of sp³-hybridized carbons (Fsp3) is 0.182. The highest BCUT2D eigenvalue weighted by Gasteiger charge is 2.12. The van der Waals surface area contributed by atoms with E-state index < -0.39 is 6.09 Å². The van der Waals surface area contributed by atoms with E-state index in [1.54, 1.807) is 0 Å². The van der Waals surface area contributed by atoms with Crippen LogP contribution in [0.2, 0.25) is 0 Å². The number of halogens is 1. The van der Waals surface area contributed by atoms with E-state index in [-0.39, 0.29) is 12.6 Å². The molecule has 0 aliphatic heterocycles. The van der Waals surface area contributed by atoms with E-state index in [1.807, 2.05) is 24.4 Å². The highest BCUT2D eigenvalue weighted by molar-refractivity contribution is 14.1. The molecule has 90 valence electrons. The summed E-state index contributed by atoms with van der Waals surface area (Å²) < 4.78 is 1.14. The molecule has 2 rings (SSSR count). The van der Waals surface area contributed by atoms with Crippen molar-refractivity contribution in [3.05, 3.63) is 33.5 Å². The highest BCUT2D eigenvalue weighted by atomic mass is 127. The van der Waals surface area contributed by atoms with Gasteiger partial charge in [-0.3, -0.25) is 0 Å². The lowest BCUT2D eigenvalue weighted by Crippen LogP contribution is -2.30. The average molecular weight is 345 g/mol. The molecule has 1 amide bonds. The van der Waals surface area contributed by atoms with Crippen molar-refractivity contribution < 1.29 is 9.90 Å². The lowest BCUT2D eigenvalue weighted by atomic mass is 10.1. The van der Waals surface area contributed by atoms with Crippen molar-refractivity contribution in [2.24, 2.45) is 5.73 Å². The van der Waals surface area contributed by atoms with Gasteiger partial charge in [0.25, 0.3) is 0 Å². The molecule has 0 fully saturated rings. The van der Waals surface area contributed by atoms with E-state index in [0.717, 1.165) is 20.0 Å². The Morgan fingerprint density at radius 2 is 2.35 bits per heavy atom. The number of carbonyl (C=O) groups is 1. The Labute approximate surface area is 112 Å². The Hall–Kier alpha value is -1.28. The van der Waals surface area contributed by atoms with Gasteiger partial charge in [0.1, 0.15) is 0 Å². The minimum atomic E-state index is -1.06. The molecular formula is C11H12IN3O2. The number of nitrogens with one attached hydrogen (secondary N) is 2. The second-order valence-electron chi connectivity index (χ2n) is 3.73. The number of aromatic nitrogens is 1. The van der Waals surface area contributed by atoms with E-state index in [1.165, 1.54) is 0 Å². The first-order chi connectivity index (χ1) is 8.08. The van der Waals surface area contributed by atoms with Crippen LogP contribution in [0.15, 0.2) is 24.4 Å². The summed E-state index contributed by atoms with van der Waals surface area (Å²) >= 11 is 2.24. The summed E-state index contributed by atoms with van der Waals surface area (Å²) in [6, 6.07) is 5.66. The van der Waals surface area contributed by atoms with Crippen LogP contribution in [0.3, 0.4) is 0 Å². The summed E-state index contributed by atoms with van der Waals surface area (Å²) in [5.74, 6) is 0. The summed E-state index contributed by atoms with van der Waals surface area (Å²) in [5.41, 5.74) is 7.88. The second kappa shape index (κ2) is 4.92. The number of benzene rings is 1. The maximum Gasteiger partial charge on any atom is 0.404 e. The number of fused-ring (bicyclic) bond motifs is 1. The van der Waals surface area contributed by atoms with E-state index in [2.05, 4.69) is 32.9 Å². The van der Waals surface area contributed by atoms with Gasteiger partial charge in [-0.2, -0.15) is 0 Å². The molecule has 1 atom stereocenters. The third kappa shape index (κ3) is 2.70. The van der Waals surface area contributed by atoms with Gasteiger partial charge in [0.2, 0.25) is 0 Å². The molecule has 17 heavy (non-hydrogen) atoms. The van der Waals surface area contributed by atoms with Crippen LogP contribution in [0.1, 0.15) is 11.6 Å². The van der Waals surface area contributed by atoms with Crippen LogP contribution in [-0.4, -0.2) is 22.7 Å². The van der Waals surface area contributed by atoms with E-state index in [9.17, 15) is 4.79 Å². The molecule has 1 aromatic heterocycles. The molecule has 0 saturated heterocycles. The van der Waals surface area contributed by atoms with Gasteiger partial charge in [0.05, 0.1) is 0 Å². The number of rotatable bonds is 3. The number of carboxylic acid groups (broad SMARTS) is 1. The summed E-state index contributed by atoms with van der Waals surface area (Å²) in [7, 11) is 0. The molecule has 1 aromatic carbocycles. The van der Waals surface area contributed by atoms with Gasteiger partial charge in [-0.05, 0) is 40.3 Å². The topological polar surface area (TPSA) is 91.1 Å². The molecule has 0 bridgehead atoms. The van der Waals surface area contributed by atoms with Gasteiger partial charge < -0.3 is 21.1 Å². The lowest BCUT2D eigenvalue weighted by Gasteiger charge is -2.10. The quantitative estimate of drug-likeness (QED) is 0.642. The Kier molecular flexibility index (Phi) is 3.53. The van der Waals surface area contributed by atoms with Gasteiger partial charge in [0.15, 0.2) is 0 Å². The third-order valence-electron chi connectivity index (χ3n) is 2.55. The SMILES string of the molecule is NC(CNC(=O)O)c1c[nH]c2cc(I)ccc12. The minimum absolute atomic E-state index is 0.203. The zero-order valence-corrected chi connectivity index (χ0v) is 11.1. The minimum Gasteiger partial charge on any atom is -0.465 e. The molecular weight excluding hydrogens is 333 g/mol. The van der Waals surface area contributed by atoms with Gasteiger partial charge in [0, 0.05) is 33.3 Å². The Bertz CT molecular complexity index is 553. The molecule has 1 heterocycles. The monoisotopic (exact) mass is 345 g/mol. The first-order valence-electron chi connectivity index (χ1n) is 5.07. The fourth-order valence-electron chi connectivity index (χ4n) is 1.73. The first-order valence-corrected chi connectivity index (χ1v) is 6.14. The van der Waals surface area contributed by atoms with Crippen LogP contribution < -0.4 is 11.1 Å². The molecule has 6 heteroatoms.